The lowest BCUT2D eigenvalue weighted by molar-refractivity contribution is 0.0596. The van der Waals surface area contributed by atoms with E-state index in [0.29, 0.717) is 17.1 Å². The number of nitrogens with one attached hydrogen (secondary N) is 1. The number of carbonyl (C=O) groups excluding carboxylic acids is 1. The third kappa shape index (κ3) is 2.18. The number of ether oxygens (including phenoxy) is 3. The van der Waals surface area contributed by atoms with Crippen LogP contribution in [0.2, 0.25) is 0 Å². The topological polar surface area (TPSA) is 56.8 Å². The quantitative estimate of drug-likeness (QED) is 0.787. The zero-order chi connectivity index (χ0) is 12.1. The highest BCUT2D eigenvalue weighted by atomic mass is 16.5. The standard InChI is InChI=1S/C11H15NO4/c1-12-7-5-8(11(13)16-4)10(15-3)9(6-7)14-2/h5-6,12H,1-4H3. The summed E-state index contributed by atoms with van der Waals surface area (Å²) in [4.78, 5) is 11.5. The molecule has 5 nitrogen and oxygen atoms in total. The fourth-order valence-corrected chi connectivity index (χ4v) is 1.37. The van der Waals surface area contributed by atoms with Crippen LogP contribution in [0.25, 0.3) is 0 Å². The third-order valence-corrected chi connectivity index (χ3v) is 2.17. The van der Waals surface area contributed by atoms with E-state index in [1.54, 1.807) is 19.2 Å². The minimum absolute atomic E-state index is 0.328. The highest BCUT2D eigenvalue weighted by Crippen LogP contribution is 2.34. The minimum Gasteiger partial charge on any atom is -0.493 e. The molecule has 0 saturated carbocycles. The van der Waals surface area contributed by atoms with Gasteiger partial charge in [0.15, 0.2) is 11.5 Å². The summed E-state index contributed by atoms with van der Waals surface area (Å²) in [7, 11) is 6.06. The fraction of sp³-hybridized carbons (Fsp3) is 0.364. The highest BCUT2D eigenvalue weighted by molar-refractivity contribution is 5.95. The van der Waals surface area contributed by atoms with E-state index in [9.17, 15) is 4.79 Å². The van der Waals surface area contributed by atoms with Crippen LogP contribution in [-0.4, -0.2) is 34.3 Å². The van der Waals surface area contributed by atoms with Gasteiger partial charge in [-0.15, -0.1) is 0 Å². The van der Waals surface area contributed by atoms with Gasteiger partial charge in [0, 0.05) is 18.8 Å². The van der Waals surface area contributed by atoms with Crippen LogP contribution in [0.1, 0.15) is 10.4 Å². The zero-order valence-corrected chi connectivity index (χ0v) is 9.79. The molecule has 1 N–H and O–H groups in total. The van der Waals surface area contributed by atoms with Crippen molar-refractivity contribution in [3.8, 4) is 11.5 Å². The summed E-state index contributed by atoms with van der Waals surface area (Å²) < 4.78 is 15.0. The second-order valence-electron chi connectivity index (χ2n) is 3.00. The Labute approximate surface area is 94.3 Å². The number of rotatable bonds is 4. The lowest BCUT2D eigenvalue weighted by atomic mass is 10.1. The molecule has 0 spiro atoms. The molecule has 0 amide bonds. The molecule has 1 aromatic carbocycles. The number of carbonyl (C=O) groups is 1. The lowest BCUT2D eigenvalue weighted by Gasteiger charge is -2.13. The molecule has 0 saturated heterocycles. The van der Waals surface area contributed by atoms with Crippen LogP contribution in [-0.2, 0) is 4.74 Å². The van der Waals surface area contributed by atoms with E-state index in [1.807, 2.05) is 0 Å². The number of methoxy groups -OCH3 is 3. The van der Waals surface area contributed by atoms with Crippen molar-refractivity contribution >= 4 is 11.7 Å². The molecular formula is C11H15NO4. The Hall–Kier alpha value is -1.91. The summed E-state index contributed by atoms with van der Waals surface area (Å²) in [5.74, 6) is 0.385. The van der Waals surface area contributed by atoms with Crippen molar-refractivity contribution in [2.24, 2.45) is 0 Å². The molecule has 0 aliphatic rings. The van der Waals surface area contributed by atoms with Gasteiger partial charge in [0.2, 0.25) is 0 Å². The number of esters is 1. The summed E-state index contributed by atoms with van der Waals surface area (Å²) in [6.07, 6.45) is 0. The van der Waals surface area contributed by atoms with E-state index in [4.69, 9.17) is 9.47 Å². The zero-order valence-electron chi connectivity index (χ0n) is 9.79. The van der Waals surface area contributed by atoms with E-state index in [-0.39, 0.29) is 0 Å². The first-order valence-corrected chi connectivity index (χ1v) is 4.70. The maximum atomic E-state index is 11.5. The van der Waals surface area contributed by atoms with Crippen molar-refractivity contribution in [1.82, 2.24) is 0 Å². The van der Waals surface area contributed by atoms with Gasteiger partial charge < -0.3 is 19.5 Å². The molecule has 0 unspecified atom stereocenters. The number of anilines is 1. The first-order chi connectivity index (χ1) is 7.67. The van der Waals surface area contributed by atoms with Crippen molar-refractivity contribution in [2.45, 2.75) is 0 Å². The van der Waals surface area contributed by atoms with Crippen LogP contribution in [0.15, 0.2) is 12.1 Å². The molecule has 88 valence electrons. The maximum absolute atomic E-state index is 11.5. The van der Waals surface area contributed by atoms with Crippen LogP contribution in [0.5, 0.6) is 11.5 Å². The van der Waals surface area contributed by atoms with E-state index in [0.717, 1.165) is 5.69 Å². The van der Waals surface area contributed by atoms with Crippen LogP contribution in [0.4, 0.5) is 5.69 Å². The lowest BCUT2D eigenvalue weighted by Crippen LogP contribution is -2.06. The minimum atomic E-state index is -0.466. The second kappa shape index (κ2) is 5.25. The van der Waals surface area contributed by atoms with E-state index in [1.165, 1.54) is 21.3 Å². The van der Waals surface area contributed by atoms with Crippen molar-refractivity contribution in [2.75, 3.05) is 33.7 Å². The molecule has 0 bridgehead atoms. The molecular weight excluding hydrogens is 210 g/mol. The monoisotopic (exact) mass is 225 g/mol. The predicted molar refractivity (Wildman–Crippen MR) is 60.4 cm³/mol. The average molecular weight is 225 g/mol. The van der Waals surface area contributed by atoms with Crippen LogP contribution >= 0.6 is 0 Å². The SMILES string of the molecule is CNc1cc(OC)c(OC)c(C(=O)OC)c1. The fourth-order valence-electron chi connectivity index (χ4n) is 1.37. The molecule has 0 aliphatic carbocycles. The first-order valence-electron chi connectivity index (χ1n) is 4.70. The van der Waals surface area contributed by atoms with Gasteiger partial charge in [0.1, 0.15) is 5.56 Å². The molecule has 0 fully saturated rings. The highest BCUT2D eigenvalue weighted by Gasteiger charge is 2.18. The molecule has 0 heterocycles. The van der Waals surface area contributed by atoms with Gasteiger partial charge in [-0.25, -0.2) is 4.79 Å². The summed E-state index contributed by atoms with van der Waals surface area (Å²) in [6.45, 7) is 0. The van der Waals surface area contributed by atoms with Crippen molar-refractivity contribution < 1.29 is 19.0 Å². The van der Waals surface area contributed by atoms with Gasteiger partial charge in [0.25, 0.3) is 0 Å². The molecule has 0 radical (unpaired) electrons. The molecule has 5 heteroatoms. The number of hydrogen-bond acceptors (Lipinski definition) is 5. The molecule has 0 aliphatic heterocycles. The Balaban J connectivity index is 3.36. The average Bonchev–Trinajstić information content (AvgIpc) is 2.35. The predicted octanol–water partition coefficient (Wildman–Crippen LogP) is 1.53. The third-order valence-electron chi connectivity index (χ3n) is 2.17. The number of benzene rings is 1. The van der Waals surface area contributed by atoms with Crippen molar-refractivity contribution in [3.05, 3.63) is 17.7 Å². The van der Waals surface area contributed by atoms with Gasteiger partial charge in [-0.3, -0.25) is 0 Å². The first kappa shape index (κ1) is 12.2. The van der Waals surface area contributed by atoms with Gasteiger partial charge in [-0.2, -0.15) is 0 Å². The summed E-state index contributed by atoms with van der Waals surface area (Å²) in [5.41, 5.74) is 1.08. The number of hydrogen-bond donors (Lipinski definition) is 1. The van der Waals surface area contributed by atoms with Crippen LogP contribution in [0, 0.1) is 0 Å². The molecule has 16 heavy (non-hydrogen) atoms. The summed E-state index contributed by atoms with van der Waals surface area (Å²) >= 11 is 0. The van der Waals surface area contributed by atoms with Gasteiger partial charge in [-0.05, 0) is 6.07 Å². The maximum Gasteiger partial charge on any atom is 0.341 e. The van der Waals surface area contributed by atoms with Crippen molar-refractivity contribution in [3.63, 3.8) is 0 Å². The summed E-state index contributed by atoms with van der Waals surface area (Å²) in [6, 6.07) is 3.39. The largest absolute Gasteiger partial charge is 0.493 e. The molecule has 1 rings (SSSR count). The Bertz CT molecular complexity index is 390. The normalized spacial score (nSPS) is 9.50. The Morgan fingerprint density at radius 3 is 2.31 bits per heavy atom. The summed E-state index contributed by atoms with van der Waals surface area (Å²) in [5, 5.41) is 2.93. The Kier molecular flexibility index (Phi) is 3.99. The van der Waals surface area contributed by atoms with Gasteiger partial charge in [0.05, 0.1) is 21.3 Å². The second-order valence-corrected chi connectivity index (χ2v) is 3.00. The molecule has 0 atom stereocenters. The van der Waals surface area contributed by atoms with E-state index >= 15 is 0 Å². The van der Waals surface area contributed by atoms with E-state index in [2.05, 4.69) is 10.1 Å². The Morgan fingerprint density at radius 1 is 1.19 bits per heavy atom. The smallest absolute Gasteiger partial charge is 0.341 e. The molecule has 1 aromatic rings. The van der Waals surface area contributed by atoms with Crippen molar-refractivity contribution in [1.29, 1.82) is 0 Å². The van der Waals surface area contributed by atoms with E-state index < -0.39 is 5.97 Å². The van der Waals surface area contributed by atoms with Gasteiger partial charge >= 0.3 is 5.97 Å². The van der Waals surface area contributed by atoms with Crippen LogP contribution in [0.3, 0.4) is 0 Å². The Morgan fingerprint density at radius 2 is 1.88 bits per heavy atom. The van der Waals surface area contributed by atoms with Crippen LogP contribution < -0.4 is 14.8 Å². The van der Waals surface area contributed by atoms with Gasteiger partial charge in [-0.1, -0.05) is 0 Å². The molecule has 0 aromatic heterocycles.